The summed E-state index contributed by atoms with van der Waals surface area (Å²) in [4.78, 5) is 23.3. The van der Waals surface area contributed by atoms with E-state index in [1.165, 1.54) is 0 Å². The first kappa shape index (κ1) is 15.8. The maximum Gasteiger partial charge on any atom is 0.313 e. The molecule has 0 saturated carbocycles. The average Bonchev–Trinajstić information content (AvgIpc) is 2.93. The Hall–Kier alpha value is -1.54. The van der Waals surface area contributed by atoms with E-state index < -0.39 is 23.4 Å². The van der Waals surface area contributed by atoms with Crippen LogP contribution in [0.4, 0.5) is 14.5 Å². The van der Waals surface area contributed by atoms with Crippen LogP contribution in [0.1, 0.15) is 12.8 Å². The number of anilines is 1. The van der Waals surface area contributed by atoms with Crippen LogP contribution in [0.15, 0.2) is 16.6 Å². The summed E-state index contributed by atoms with van der Waals surface area (Å²) in [7, 11) is 0. The summed E-state index contributed by atoms with van der Waals surface area (Å²) in [5.74, 6) is -3.69. The van der Waals surface area contributed by atoms with Crippen LogP contribution in [0.25, 0.3) is 0 Å². The fraction of sp³-hybridized carbons (Fsp3) is 0.385. The number of halogens is 3. The van der Waals surface area contributed by atoms with Gasteiger partial charge in [-0.05, 0) is 34.8 Å². The van der Waals surface area contributed by atoms with Crippen molar-refractivity contribution in [2.24, 2.45) is 0 Å². The molecule has 8 heteroatoms. The van der Waals surface area contributed by atoms with Crippen molar-refractivity contribution in [1.82, 2.24) is 5.32 Å². The molecule has 1 saturated heterocycles. The Morgan fingerprint density at radius 3 is 2.71 bits per heavy atom. The summed E-state index contributed by atoms with van der Waals surface area (Å²) in [6.07, 6.45) is 1.64. The predicted molar refractivity (Wildman–Crippen MR) is 74.7 cm³/mol. The molecule has 2 amide bonds. The van der Waals surface area contributed by atoms with E-state index in [0.29, 0.717) is 12.7 Å². The van der Waals surface area contributed by atoms with Crippen molar-refractivity contribution in [1.29, 1.82) is 0 Å². The van der Waals surface area contributed by atoms with Gasteiger partial charge < -0.3 is 15.4 Å². The molecule has 21 heavy (non-hydrogen) atoms. The van der Waals surface area contributed by atoms with Crippen molar-refractivity contribution >= 4 is 33.4 Å². The highest BCUT2D eigenvalue weighted by atomic mass is 79.9. The summed E-state index contributed by atoms with van der Waals surface area (Å²) >= 11 is 2.92. The van der Waals surface area contributed by atoms with Crippen LogP contribution < -0.4 is 10.6 Å². The minimum absolute atomic E-state index is 0.0141. The second-order valence-electron chi connectivity index (χ2n) is 4.54. The molecule has 1 unspecified atom stereocenters. The van der Waals surface area contributed by atoms with Crippen LogP contribution in [-0.4, -0.2) is 31.1 Å². The number of carbonyl (C=O) groups is 2. The molecule has 0 spiro atoms. The van der Waals surface area contributed by atoms with E-state index in [9.17, 15) is 18.4 Å². The number of carbonyl (C=O) groups excluding carboxylic acids is 2. The van der Waals surface area contributed by atoms with Gasteiger partial charge in [-0.25, -0.2) is 8.78 Å². The van der Waals surface area contributed by atoms with E-state index >= 15 is 0 Å². The molecular weight excluding hydrogens is 350 g/mol. The van der Waals surface area contributed by atoms with Gasteiger partial charge in [-0.15, -0.1) is 0 Å². The van der Waals surface area contributed by atoms with E-state index in [-0.39, 0.29) is 22.8 Å². The monoisotopic (exact) mass is 362 g/mol. The first-order valence-corrected chi connectivity index (χ1v) is 7.12. The van der Waals surface area contributed by atoms with Gasteiger partial charge in [0.1, 0.15) is 5.82 Å². The van der Waals surface area contributed by atoms with E-state index in [4.69, 9.17) is 4.74 Å². The number of nitrogens with one attached hydrogen (secondary N) is 2. The fourth-order valence-corrected chi connectivity index (χ4v) is 2.43. The molecule has 2 rings (SSSR count). The number of benzene rings is 1. The Morgan fingerprint density at radius 2 is 2.10 bits per heavy atom. The molecule has 1 fully saturated rings. The molecule has 0 radical (unpaired) electrons. The van der Waals surface area contributed by atoms with Gasteiger partial charge in [-0.2, -0.15) is 0 Å². The summed E-state index contributed by atoms with van der Waals surface area (Å²) < 4.78 is 31.8. The van der Waals surface area contributed by atoms with Crippen molar-refractivity contribution in [3.8, 4) is 0 Å². The molecule has 1 aromatic carbocycles. The minimum atomic E-state index is -1.03. The van der Waals surface area contributed by atoms with Crippen LogP contribution in [0, 0.1) is 11.6 Å². The lowest BCUT2D eigenvalue weighted by atomic mass is 10.2. The molecule has 114 valence electrons. The van der Waals surface area contributed by atoms with Gasteiger partial charge in [0.15, 0.2) is 5.82 Å². The number of hydrogen-bond acceptors (Lipinski definition) is 3. The second-order valence-corrected chi connectivity index (χ2v) is 5.40. The first-order valence-electron chi connectivity index (χ1n) is 6.32. The quantitative estimate of drug-likeness (QED) is 0.807. The van der Waals surface area contributed by atoms with Gasteiger partial charge in [0.25, 0.3) is 0 Å². The number of hydrogen-bond donors (Lipinski definition) is 2. The zero-order valence-corrected chi connectivity index (χ0v) is 12.5. The lowest BCUT2D eigenvalue weighted by Gasteiger charge is -2.11. The third-order valence-corrected chi connectivity index (χ3v) is 3.59. The smallest absolute Gasteiger partial charge is 0.313 e. The van der Waals surface area contributed by atoms with Crippen LogP contribution in [0.2, 0.25) is 0 Å². The lowest BCUT2D eigenvalue weighted by Crippen LogP contribution is -2.39. The highest BCUT2D eigenvalue weighted by molar-refractivity contribution is 9.10. The first-order chi connectivity index (χ1) is 9.97. The molecule has 1 aromatic rings. The van der Waals surface area contributed by atoms with E-state index in [1.807, 2.05) is 0 Å². The largest absolute Gasteiger partial charge is 0.376 e. The molecule has 1 aliphatic heterocycles. The van der Waals surface area contributed by atoms with Gasteiger partial charge in [0.05, 0.1) is 11.8 Å². The molecule has 2 N–H and O–H groups in total. The molecule has 0 aliphatic carbocycles. The van der Waals surface area contributed by atoms with Crippen molar-refractivity contribution in [2.45, 2.75) is 18.9 Å². The van der Waals surface area contributed by atoms with Crippen LogP contribution in [0.5, 0.6) is 0 Å². The summed E-state index contributed by atoms with van der Waals surface area (Å²) in [6, 6.07) is 1.60. The highest BCUT2D eigenvalue weighted by Gasteiger charge is 2.21. The summed E-state index contributed by atoms with van der Waals surface area (Å²) in [5.41, 5.74) is -0.284. The van der Waals surface area contributed by atoms with Gasteiger partial charge in [-0.3, -0.25) is 9.59 Å². The van der Waals surface area contributed by atoms with E-state index in [1.54, 1.807) is 0 Å². The number of amides is 2. The number of rotatable bonds is 3. The minimum Gasteiger partial charge on any atom is -0.376 e. The Balaban J connectivity index is 1.92. The Bertz CT molecular complexity index is 539. The van der Waals surface area contributed by atoms with Crippen molar-refractivity contribution in [3.05, 3.63) is 28.2 Å². The van der Waals surface area contributed by atoms with E-state index in [0.717, 1.165) is 18.9 Å². The summed E-state index contributed by atoms with van der Waals surface area (Å²) in [5, 5.41) is 4.51. The third kappa shape index (κ3) is 4.21. The van der Waals surface area contributed by atoms with Gasteiger partial charge >= 0.3 is 11.8 Å². The predicted octanol–water partition coefficient (Wildman–Crippen LogP) is 1.96. The zero-order valence-electron chi connectivity index (χ0n) is 10.9. The topological polar surface area (TPSA) is 67.4 Å². The lowest BCUT2D eigenvalue weighted by molar-refractivity contribution is -0.136. The molecule has 0 bridgehead atoms. The molecule has 5 nitrogen and oxygen atoms in total. The summed E-state index contributed by atoms with van der Waals surface area (Å²) in [6.45, 7) is 0.861. The molecular formula is C13H13BrF2N2O3. The number of ether oxygens (including phenoxy) is 1. The van der Waals surface area contributed by atoms with Crippen molar-refractivity contribution in [2.75, 3.05) is 18.5 Å². The van der Waals surface area contributed by atoms with Crippen LogP contribution >= 0.6 is 15.9 Å². The Kier molecular flexibility index (Phi) is 5.24. The van der Waals surface area contributed by atoms with Crippen LogP contribution in [0.3, 0.4) is 0 Å². The van der Waals surface area contributed by atoms with Gasteiger partial charge in [0.2, 0.25) is 0 Å². The Labute approximate surface area is 128 Å². The standard InChI is InChI=1S/C13H13BrF2N2O3/c14-9-4-7(15)5-10(16)11(9)18-13(20)12(19)17-6-8-2-1-3-21-8/h4-5,8H,1-3,6H2,(H,17,19)(H,18,20). The fourth-order valence-electron chi connectivity index (χ4n) is 1.92. The highest BCUT2D eigenvalue weighted by Crippen LogP contribution is 2.26. The van der Waals surface area contributed by atoms with E-state index in [2.05, 4.69) is 26.6 Å². The zero-order chi connectivity index (χ0) is 15.4. The van der Waals surface area contributed by atoms with Crippen molar-refractivity contribution in [3.63, 3.8) is 0 Å². The van der Waals surface area contributed by atoms with Gasteiger partial charge in [0, 0.05) is 23.7 Å². The molecule has 0 aromatic heterocycles. The van der Waals surface area contributed by atoms with Gasteiger partial charge in [-0.1, -0.05) is 0 Å². The normalized spacial score (nSPS) is 17.6. The molecule has 1 atom stereocenters. The maximum atomic E-state index is 13.5. The Morgan fingerprint density at radius 1 is 1.33 bits per heavy atom. The second kappa shape index (κ2) is 6.95. The SMILES string of the molecule is O=C(NCC1CCCO1)C(=O)Nc1c(F)cc(F)cc1Br. The third-order valence-electron chi connectivity index (χ3n) is 2.97. The maximum absolute atomic E-state index is 13.5. The average molecular weight is 363 g/mol. The molecule has 1 aliphatic rings. The van der Waals surface area contributed by atoms with Crippen LogP contribution in [-0.2, 0) is 14.3 Å². The van der Waals surface area contributed by atoms with Crippen molar-refractivity contribution < 1.29 is 23.1 Å². The molecule has 1 heterocycles.